The van der Waals surface area contributed by atoms with Crippen LogP contribution in [0.3, 0.4) is 0 Å². The van der Waals surface area contributed by atoms with E-state index in [1.54, 1.807) is 0 Å². The first kappa shape index (κ1) is 10.9. The Hall–Kier alpha value is -0.130. The highest BCUT2D eigenvalue weighted by Crippen LogP contribution is 2.23. The van der Waals surface area contributed by atoms with Crippen LogP contribution in [0.25, 0.3) is 0 Å². The van der Waals surface area contributed by atoms with E-state index in [0.29, 0.717) is 0 Å². The van der Waals surface area contributed by atoms with Crippen LogP contribution < -0.4 is 5.73 Å². The molecule has 3 heteroatoms. The second-order valence-electron chi connectivity index (χ2n) is 3.53. The number of hydrogen-bond donors (Lipinski definition) is 2. The summed E-state index contributed by atoms with van der Waals surface area (Å²) in [5, 5.41) is 9.14. The molecular formula is C10H14INO. The maximum absolute atomic E-state index is 9.14. The number of nitrogens with two attached hydrogens (primary N) is 1. The van der Waals surface area contributed by atoms with Crippen LogP contribution in [0.4, 0.5) is 0 Å². The lowest BCUT2D eigenvalue weighted by molar-refractivity contribution is 0.209. The molecule has 0 radical (unpaired) electrons. The van der Waals surface area contributed by atoms with Crippen molar-refractivity contribution in [2.75, 3.05) is 6.61 Å². The molecule has 0 aliphatic carbocycles. The summed E-state index contributed by atoms with van der Waals surface area (Å²) in [5.41, 5.74) is 7.46. The van der Waals surface area contributed by atoms with Crippen molar-refractivity contribution in [1.29, 1.82) is 0 Å². The SMILES string of the molecule is Cc1ccc(I)cc1[C@](C)(N)CO. The lowest BCUT2D eigenvalue weighted by Gasteiger charge is -2.24. The molecular weight excluding hydrogens is 277 g/mol. The van der Waals surface area contributed by atoms with E-state index >= 15 is 0 Å². The van der Waals surface area contributed by atoms with Crippen molar-refractivity contribution in [2.45, 2.75) is 19.4 Å². The highest BCUT2D eigenvalue weighted by molar-refractivity contribution is 14.1. The first-order chi connectivity index (χ1) is 5.97. The highest BCUT2D eigenvalue weighted by atomic mass is 127. The third-order valence-electron chi connectivity index (χ3n) is 2.14. The Morgan fingerprint density at radius 2 is 2.15 bits per heavy atom. The van der Waals surface area contributed by atoms with Crippen LogP contribution in [0.2, 0.25) is 0 Å². The monoisotopic (exact) mass is 291 g/mol. The second kappa shape index (κ2) is 3.94. The Morgan fingerprint density at radius 1 is 1.54 bits per heavy atom. The Labute approximate surface area is 92.3 Å². The maximum Gasteiger partial charge on any atom is 0.0650 e. The minimum atomic E-state index is -0.634. The fourth-order valence-corrected chi connectivity index (χ4v) is 1.79. The molecule has 0 spiro atoms. The summed E-state index contributed by atoms with van der Waals surface area (Å²) in [5.74, 6) is 0. The summed E-state index contributed by atoms with van der Waals surface area (Å²) >= 11 is 2.24. The number of rotatable bonds is 2. The van der Waals surface area contributed by atoms with Gasteiger partial charge in [0, 0.05) is 3.57 Å². The van der Waals surface area contributed by atoms with Gasteiger partial charge in [-0.05, 0) is 59.7 Å². The molecule has 0 bridgehead atoms. The van der Waals surface area contributed by atoms with Gasteiger partial charge in [0.15, 0.2) is 0 Å². The van der Waals surface area contributed by atoms with Crippen LogP contribution in [-0.4, -0.2) is 11.7 Å². The smallest absolute Gasteiger partial charge is 0.0650 e. The van der Waals surface area contributed by atoms with Crippen LogP contribution >= 0.6 is 22.6 Å². The van der Waals surface area contributed by atoms with Gasteiger partial charge in [-0.3, -0.25) is 0 Å². The van der Waals surface area contributed by atoms with Crippen molar-refractivity contribution in [1.82, 2.24) is 0 Å². The summed E-state index contributed by atoms with van der Waals surface area (Å²) in [6.45, 7) is 3.81. The van der Waals surface area contributed by atoms with Gasteiger partial charge in [-0.1, -0.05) is 6.07 Å². The average molecular weight is 291 g/mol. The molecule has 0 saturated carbocycles. The van der Waals surface area contributed by atoms with Crippen LogP contribution in [0.5, 0.6) is 0 Å². The molecule has 3 N–H and O–H groups in total. The summed E-state index contributed by atoms with van der Waals surface area (Å²) in [7, 11) is 0. The third kappa shape index (κ3) is 2.42. The summed E-state index contributed by atoms with van der Waals surface area (Å²) in [4.78, 5) is 0. The van der Waals surface area contributed by atoms with Gasteiger partial charge in [0.2, 0.25) is 0 Å². The molecule has 0 saturated heterocycles. The molecule has 2 nitrogen and oxygen atoms in total. The van der Waals surface area contributed by atoms with Crippen LogP contribution in [0, 0.1) is 10.5 Å². The molecule has 1 aromatic rings. The fourth-order valence-electron chi connectivity index (χ4n) is 1.29. The van der Waals surface area contributed by atoms with Crippen molar-refractivity contribution < 1.29 is 5.11 Å². The van der Waals surface area contributed by atoms with Gasteiger partial charge in [-0.2, -0.15) is 0 Å². The molecule has 1 atom stereocenters. The quantitative estimate of drug-likeness (QED) is 0.816. The van der Waals surface area contributed by atoms with Crippen LogP contribution in [0.1, 0.15) is 18.1 Å². The molecule has 0 aromatic heterocycles. The number of hydrogen-bond acceptors (Lipinski definition) is 2. The van der Waals surface area contributed by atoms with E-state index in [1.807, 2.05) is 32.0 Å². The minimum Gasteiger partial charge on any atom is -0.394 e. The highest BCUT2D eigenvalue weighted by Gasteiger charge is 2.21. The Balaban J connectivity index is 3.20. The summed E-state index contributed by atoms with van der Waals surface area (Å²) < 4.78 is 1.14. The van der Waals surface area contributed by atoms with Crippen molar-refractivity contribution in [2.24, 2.45) is 5.73 Å². The lowest BCUT2D eigenvalue weighted by Crippen LogP contribution is -2.37. The van der Waals surface area contributed by atoms with Crippen molar-refractivity contribution in [3.8, 4) is 0 Å². The Morgan fingerprint density at radius 3 is 2.69 bits per heavy atom. The van der Waals surface area contributed by atoms with E-state index in [4.69, 9.17) is 10.8 Å². The average Bonchev–Trinajstić information content (AvgIpc) is 2.09. The molecule has 0 aliphatic rings. The third-order valence-corrected chi connectivity index (χ3v) is 2.81. The molecule has 13 heavy (non-hydrogen) atoms. The van der Waals surface area contributed by atoms with Gasteiger partial charge >= 0.3 is 0 Å². The zero-order valence-electron chi connectivity index (χ0n) is 7.84. The lowest BCUT2D eigenvalue weighted by atomic mass is 9.90. The summed E-state index contributed by atoms with van der Waals surface area (Å²) in [6.07, 6.45) is 0. The van der Waals surface area contributed by atoms with Crippen LogP contribution in [-0.2, 0) is 5.54 Å². The Kier molecular flexibility index (Phi) is 3.32. The maximum atomic E-state index is 9.14. The van der Waals surface area contributed by atoms with Gasteiger partial charge in [-0.25, -0.2) is 0 Å². The van der Waals surface area contributed by atoms with Gasteiger partial charge in [0.05, 0.1) is 12.1 Å². The first-order valence-electron chi connectivity index (χ1n) is 4.14. The number of aliphatic hydroxyl groups is 1. The molecule has 0 amide bonds. The molecule has 0 aliphatic heterocycles. The van der Waals surface area contributed by atoms with Gasteiger partial charge in [0.1, 0.15) is 0 Å². The van der Waals surface area contributed by atoms with E-state index in [0.717, 1.165) is 14.7 Å². The van der Waals surface area contributed by atoms with E-state index in [2.05, 4.69) is 22.6 Å². The largest absolute Gasteiger partial charge is 0.394 e. The fraction of sp³-hybridized carbons (Fsp3) is 0.400. The zero-order chi connectivity index (χ0) is 10.1. The van der Waals surface area contributed by atoms with E-state index in [1.165, 1.54) is 0 Å². The van der Waals surface area contributed by atoms with Crippen molar-refractivity contribution >= 4 is 22.6 Å². The predicted molar refractivity (Wildman–Crippen MR) is 62.5 cm³/mol. The zero-order valence-corrected chi connectivity index (χ0v) is 10.00. The second-order valence-corrected chi connectivity index (χ2v) is 4.78. The normalized spacial score (nSPS) is 15.5. The van der Waals surface area contributed by atoms with Crippen LogP contribution in [0.15, 0.2) is 18.2 Å². The molecule has 1 rings (SSSR count). The standard InChI is InChI=1S/C10H14INO/c1-7-3-4-8(11)5-9(7)10(2,12)6-13/h3-5,13H,6,12H2,1-2H3/t10-/m1/s1. The van der Waals surface area contributed by atoms with Crippen molar-refractivity contribution in [3.63, 3.8) is 0 Å². The topological polar surface area (TPSA) is 46.2 Å². The van der Waals surface area contributed by atoms with E-state index in [9.17, 15) is 0 Å². The summed E-state index contributed by atoms with van der Waals surface area (Å²) in [6, 6.07) is 6.08. The molecule has 1 aromatic carbocycles. The number of halogens is 1. The molecule has 0 unspecified atom stereocenters. The van der Waals surface area contributed by atoms with E-state index in [-0.39, 0.29) is 6.61 Å². The predicted octanol–water partition coefficient (Wildman–Crippen LogP) is 1.77. The van der Waals surface area contributed by atoms with E-state index < -0.39 is 5.54 Å². The number of aryl methyl sites for hydroxylation is 1. The molecule has 72 valence electrons. The number of aliphatic hydroxyl groups excluding tert-OH is 1. The van der Waals surface area contributed by atoms with Gasteiger partial charge in [0.25, 0.3) is 0 Å². The molecule has 0 heterocycles. The van der Waals surface area contributed by atoms with Gasteiger partial charge in [-0.15, -0.1) is 0 Å². The Bertz CT molecular complexity index is 310. The molecule has 0 fully saturated rings. The first-order valence-corrected chi connectivity index (χ1v) is 5.21. The van der Waals surface area contributed by atoms with Gasteiger partial charge < -0.3 is 10.8 Å². The minimum absolute atomic E-state index is 0.0338. The van der Waals surface area contributed by atoms with Crippen molar-refractivity contribution in [3.05, 3.63) is 32.9 Å². The number of benzene rings is 1.